The van der Waals surface area contributed by atoms with Crippen molar-refractivity contribution < 1.29 is 9.66 Å². The SMILES string of the molecule is COCc1cc([N+](=O)[O-])ccc1C(C)N.N. The standard InChI is InChI=1S/C10H14N2O3.H3N/c1-7(11)10-4-3-9(12(13)14)5-8(10)6-15-2;/h3-5,7H,6,11H2,1-2H3;1H3. The van der Waals surface area contributed by atoms with E-state index in [1.807, 2.05) is 6.92 Å². The maximum atomic E-state index is 10.6. The maximum absolute atomic E-state index is 10.6. The van der Waals surface area contributed by atoms with E-state index in [1.54, 1.807) is 13.2 Å². The van der Waals surface area contributed by atoms with Gasteiger partial charge in [0.15, 0.2) is 0 Å². The van der Waals surface area contributed by atoms with Gasteiger partial charge in [-0.2, -0.15) is 0 Å². The van der Waals surface area contributed by atoms with Gasteiger partial charge in [-0.15, -0.1) is 0 Å². The van der Waals surface area contributed by atoms with Gasteiger partial charge in [-0.05, 0) is 18.1 Å². The molecule has 1 rings (SSSR count). The molecule has 1 unspecified atom stereocenters. The number of hydrogen-bond donors (Lipinski definition) is 2. The Morgan fingerprint density at radius 3 is 2.62 bits per heavy atom. The molecule has 0 aliphatic carbocycles. The molecule has 0 saturated carbocycles. The van der Waals surface area contributed by atoms with E-state index in [-0.39, 0.29) is 17.9 Å². The molecule has 90 valence electrons. The van der Waals surface area contributed by atoms with Crippen molar-refractivity contribution in [1.82, 2.24) is 6.15 Å². The average Bonchev–Trinajstić information content (AvgIpc) is 2.17. The molecule has 0 spiro atoms. The number of ether oxygens (including phenoxy) is 1. The van der Waals surface area contributed by atoms with Gasteiger partial charge in [0, 0.05) is 25.3 Å². The van der Waals surface area contributed by atoms with Gasteiger partial charge in [-0.25, -0.2) is 0 Å². The van der Waals surface area contributed by atoms with Crippen LogP contribution in [0.25, 0.3) is 0 Å². The summed E-state index contributed by atoms with van der Waals surface area (Å²) < 4.78 is 4.98. The molecule has 0 aliphatic rings. The summed E-state index contributed by atoms with van der Waals surface area (Å²) in [5, 5.41) is 10.6. The third kappa shape index (κ3) is 3.27. The maximum Gasteiger partial charge on any atom is 0.269 e. The Morgan fingerprint density at radius 2 is 2.19 bits per heavy atom. The van der Waals surface area contributed by atoms with Crippen molar-refractivity contribution in [2.45, 2.75) is 19.6 Å². The number of methoxy groups -OCH3 is 1. The highest BCUT2D eigenvalue weighted by atomic mass is 16.6. The smallest absolute Gasteiger partial charge is 0.269 e. The summed E-state index contributed by atoms with van der Waals surface area (Å²) in [6, 6.07) is 4.48. The first kappa shape index (κ1) is 14.5. The summed E-state index contributed by atoms with van der Waals surface area (Å²) >= 11 is 0. The second kappa shape index (κ2) is 6.16. The molecule has 0 saturated heterocycles. The molecule has 0 aromatic heterocycles. The Kier molecular flexibility index (Phi) is 5.59. The second-order valence-electron chi connectivity index (χ2n) is 3.36. The zero-order valence-electron chi connectivity index (χ0n) is 9.47. The van der Waals surface area contributed by atoms with E-state index >= 15 is 0 Å². The topological polar surface area (TPSA) is 113 Å². The van der Waals surface area contributed by atoms with Crippen LogP contribution in [0.5, 0.6) is 0 Å². The second-order valence-corrected chi connectivity index (χ2v) is 3.36. The van der Waals surface area contributed by atoms with Crippen LogP contribution in [-0.2, 0) is 11.3 Å². The van der Waals surface area contributed by atoms with Crippen molar-refractivity contribution >= 4 is 5.69 Å². The van der Waals surface area contributed by atoms with E-state index in [0.717, 1.165) is 11.1 Å². The Morgan fingerprint density at radius 1 is 1.56 bits per heavy atom. The van der Waals surface area contributed by atoms with Crippen LogP contribution in [0.2, 0.25) is 0 Å². The van der Waals surface area contributed by atoms with Gasteiger partial charge < -0.3 is 16.6 Å². The summed E-state index contributed by atoms with van der Waals surface area (Å²) in [6.07, 6.45) is 0. The van der Waals surface area contributed by atoms with Crippen LogP contribution in [0.3, 0.4) is 0 Å². The molecule has 0 aliphatic heterocycles. The van der Waals surface area contributed by atoms with Crippen molar-refractivity contribution in [2.24, 2.45) is 5.73 Å². The Labute approximate surface area is 94.1 Å². The molecule has 0 amide bonds. The summed E-state index contributed by atoms with van der Waals surface area (Å²) in [6.45, 7) is 2.17. The fourth-order valence-corrected chi connectivity index (χ4v) is 1.43. The molecule has 1 aromatic rings. The van der Waals surface area contributed by atoms with Crippen molar-refractivity contribution in [3.05, 3.63) is 39.4 Å². The van der Waals surface area contributed by atoms with Gasteiger partial charge in [0.1, 0.15) is 0 Å². The number of non-ortho nitro benzene ring substituents is 1. The Balaban J connectivity index is 0.00000225. The molecule has 0 heterocycles. The molecule has 0 radical (unpaired) electrons. The van der Waals surface area contributed by atoms with Crippen LogP contribution in [0.4, 0.5) is 5.69 Å². The molecule has 1 aromatic carbocycles. The zero-order valence-corrected chi connectivity index (χ0v) is 9.47. The minimum Gasteiger partial charge on any atom is -0.380 e. The van der Waals surface area contributed by atoms with Crippen molar-refractivity contribution in [1.29, 1.82) is 0 Å². The van der Waals surface area contributed by atoms with Gasteiger partial charge in [0.25, 0.3) is 5.69 Å². The average molecular weight is 227 g/mol. The Bertz CT molecular complexity index is 366. The van der Waals surface area contributed by atoms with Gasteiger partial charge >= 0.3 is 0 Å². The number of rotatable bonds is 4. The monoisotopic (exact) mass is 227 g/mol. The number of benzene rings is 1. The van der Waals surface area contributed by atoms with Crippen molar-refractivity contribution in [3.63, 3.8) is 0 Å². The lowest BCUT2D eigenvalue weighted by Gasteiger charge is -2.11. The van der Waals surface area contributed by atoms with E-state index in [2.05, 4.69) is 0 Å². The van der Waals surface area contributed by atoms with Crippen LogP contribution in [0.15, 0.2) is 18.2 Å². The van der Waals surface area contributed by atoms with E-state index in [9.17, 15) is 10.1 Å². The number of nitrogens with two attached hydrogens (primary N) is 1. The van der Waals surface area contributed by atoms with E-state index < -0.39 is 4.92 Å². The first-order chi connectivity index (χ1) is 7.06. The lowest BCUT2D eigenvalue weighted by molar-refractivity contribution is -0.385. The van der Waals surface area contributed by atoms with E-state index in [1.165, 1.54) is 12.1 Å². The predicted octanol–water partition coefficient (Wildman–Crippen LogP) is 1.92. The first-order valence-electron chi connectivity index (χ1n) is 4.58. The van der Waals surface area contributed by atoms with Crippen LogP contribution in [0, 0.1) is 10.1 Å². The lowest BCUT2D eigenvalue weighted by atomic mass is 10.0. The predicted molar refractivity (Wildman–Crippen MR) is 61.4 cm³/mol. The van der Waals surface area contributed by atoms with Gasteiger partial charge in [0.2, 0.25) is 0 Å². The highest BCUT2D eigenvalue weighted by Gasteiger charge is 2.12. The number of nitrogens with zero attached hydrogens (tertiary/aromatic N) is 1. The highest BCUT2D eigenvalue weighted by molar-refractivity contribution is 5.40. The third-order valence-corrected chi connectivity index (χ3v) is 2.13. The molecule has 0 bridgehead atoms. The van der Waals surface area contributed by atoms with E-state index in [4.69, 9.17) is 10.5 Å². The lowest BCUT2D eigenvalue weighted by Crippen LogP contribution is -2.09. The summed E-state index contributed by atoms with van der Waals surface area (Å²) in [5.74, 6) is 0. The quantitative estimate of drug-likeness (QED) is 0.602. The molecule has 1 atom stereocenters. The molecule has 16 heavy (non-hydrogen) atoms. The summed E-state index contributed by atoms with van der Waals surface area (Å²) in [4.78, 5) is 10.1. The van der Waals surface area contributed by atoms with Crippen molar-refractivity contribution in [2.75, 3.05) is 7.11 Å². The van der Waals surface area contributed by atoms with Gasteiger partial charge in [0.05, 0.1) is 11.5 Å². The number of hydrogen-bond acceptors (Lipinski definition) is 5. The van der Waals surface area contributed by atoms with Crippen LogP contribution in [-0.4, -0.2) is 12.0 Å². The summed E-state index contributed by atoms with van der Waals surface area (Å²) in [5.41, 5.74) is 7.45. The van der Waals surface area contributed by atoms with Crippen LogP contribution in [0.1, 0.15) is 24.1 Å². The molecular weight excluding hydrogens is 210 g/mol. The molecule has 5 N–H and O–H groups in total. The first-order valence-corrected chi connectivity index (χ1v) is 4.58. The molecule has 0 fully saturated rings. The molecule has 6 heteroatoms. The third-order valence-electron chi connectivity index (χ3n) is 2.13. The summed E-state index contributed by atoms with van der Waals surface area (Å²) in [7, 11) is 1.55. The normalized spacial score (nSPS) is 11.7. The highest BCUT2D eigenvalue weighted by Crippen LogP contribution is 2.22. The van der Waals surface area contributed by atoms with Crippen LogP contribution < -0.4 is 11.9 Å². The van der Waals surface area contributed by atoms with Crippen molar-refractivity contribution in [3.8, 4) is 0 Å². The largest absolute Gasteiger partial charge is 0.380 e. The van der Waals surface area contributed by atoms with Gasteiger partial charge in [-0.3, -0.25) is 10.1 Å². The fourth-order valence-electron chi connectivity index (χ4n) is 1.43. The van der Waals surface area contributed by atoms with E-state index in [0.29, 0.717) is 6.61 Å². The van der Waals surface area contributed by atoms with Crippen LogP contribution >= 0.6 is 0 Å². The number of nitro benzene ring substituents is 1. The number of nitro groups is 1. The fraction of sp³-hybridized carbons (Fsp3) is 0.400. The minimum absolute atomic E-state index is 0. The zero-order chi connectivity index (χ0) is 11.4. The molecule has 6 nitrogen and oxygen atoms in total. The van der Waals surface area contributed by atoms with Gasteiger partial charge in [-0.1, -0.05) is 6.07 Å². The Hall–Kier alpha value is -1.50. The minimum atomic E-state index is -0.426. The molecular formula is C10H17N3O3.